The van der Waals surface area contributed by atoms with Gasteiger partial charge in [0.1, 0.15) is 0 Å². The summed E-state index contributed by atoms with van der Waals surface area (Å²) in [7, 11) is 0. The van der Waals surface area contributed by atoms with E-state index in [2.05, 4.69) is 6.92 Å². The first-order chi connectivity index (χ1) is 8.83. The smallest absolute Gasteiger partial charge is 0.336 e. The van der Waals surface area contributed by atoms with E-state index in [0.29, 0.717) is 0 Å². The second kappa shape index (κ2) is 6.20. The third-order valence-corrected chi connectivity index (χ3v) is 3.90. The highest BCUT2D eigenvalue weighted by Crippen LogP contribution is 2.34. The highest BCUT2D eigenvalue weighted by Gasteiger charge is 2.45. The molecule has 0 radical (unpaired) electrons. The van der Waals surface area contributed by atoms with Gasteiger partial charge in [-0.3, -0.25) is 0 Å². The van der Waals surface area contributed by atoms with E-state index in [4.69, 9.17) is 0 Å². The Hall–Kier alpha value is -1.35. The topological polar surface area (TPSA) is 57.5 Å². The van der Waals surface area contributed by atoms with Crippen LogP contribution < -0.4 is 0 Å². The molecule has 3 heteroatoms. The number of carbonyl (C=O) groups is 1. The fourth-order valence-electron chi connectivity index (χ4n) is 2.45. The molecule has 0 aliphatic heterocycles. The Morgan fingerprint density at radius 3 is 2.11 bits per heavy atom. The maximum atomic E-state index is 11.4. The van der Waals surface area contributed by atoms with E-state index < -0.39 is 17.5 Å². The number of carboxylic acid groups (broad SMARTS) is 1. The molecule has 2 atom stereocenters. The Bertz CT molecular complexity index is 422. The molecule has 0 spiro atoms. The molecule has 1 rings (SSSR count). The maximum Gasteiger partial charge on any atom is 0.336 e. The minimum atomic E-state index is -1.73. The Kier molecular flexibility index (Phi) is 5.12. The van der Waals surface area contributed by atoms with Gasteiger partial charge >= 0.3 is 5.97 Å². The van der Waals surface area contributed by atoms with Gasteiger partial charge in [-0.15, -0.1) is 0 Å². The van der Waals surface area contributed by atoms with Gasteiger partial charge in [-0.05, 0) is 23.5 Å². The number of hydrogen-bond donors (Lipinski definition) is 2. The van der Waals surface area contributed by atoms with Crippen LogP contribution in [0.4, 0.5) is 0 Å². The summed E-state index contributed by atoms with van der Waals surface area (Å²) >= 11 is 0. The molecule has 19 heavy (non-hydrogen) atoms. The van der Waals surface area contributed by atoms with Crippen LogP contribution in [0.2, 0.25) is 0 Å². The number of rotatable bonds is 6. The molecule has 1 aromatic carbocycles. The summed E-state index contributed by atoms with van der Waals surface area (Å²) in [6.07, 6.45) is 2.10. The lowest BCUT2D eigenvalue weighted by molar-refractivity contribution is -0.166. The van der Waals surface area contributed by atoms with Gasteiger partial charge < -0.3 is 10.2 Å². The van der Waals surface area contributed by atoms with E-state index in [1.165, 1.54) is 5.56 Å². The summed E-state index contributed by atoms with van der Waals surface area (Å²) in [5.74, 6) is -1.95. The molecule has 1 aromatic rings. The molecule has 0 heterocycles. The standard InChI is InChI=1S/C16H24O3/c1-5-6-13-7-9-14(10-8-13)12(4)16(19,11(2)3)15(17)18/h7-12,19H,5-6H2,1-4H3,(H,17,18). The average molecular weight is 264 g/mol. The second-order valence-electron chi connectivity index (χ2n) is 5.50. The van der Waals surface area contributed by atoms with Crippen molar-refractivity contribution < 1.29 is 15.0 Å². The molecule has 2 unspecified atom stereocenters. The third kappa shape index (κ3) is 3.16. The summed E-state index contributed by atoms with van der Waals surface area (Å²) in [5.41, 5.74) is 0.368. The largest absolute Gasteiger partial charge is 0.479 e. The fourth-order valence-corrected chi connectivity index (χ4v) is 2.45. The maximum absolute atomic E-state index is 11.4. The minimum absolute atomic E-state index is 0.352. The van der Waals surface area contributed by atoms with Crippen molar-refractivity contribution in [2.75, 3.05) is 0 Å². The molecule has 0 saturated carbocycles. The number of aryl methyl sites for hydroxylation is 1. The Balaban J connectivity index is 3.04. The molecule has 2 N–H and O–H groups in total. The van der Waals surface area contributed by atoms with Gasteiger partial charge in [-0.25, -0.2) is 4.79 Å². The second-order valence-corrected chi connectivity index (χ2v) is 5.50. The van der Waals surface area contributed by atoms with Crippen molar-refractivity contribution in [1.29, 1.82) is 0 Å². The quantitative estimate of drug-likeness (QED) is 0.829. The number of aliphatic carboxylic acids is 1. The molecule has 0 aliphatic carbocycles. The van der Waals surface area contributed by atoms with Crippen LogP contribution in [-0.2, 0) is 11.2 Å². The summed E-state index contributed by atoms with van der Waals surface area (Å²) in [4.78, 5) is 11.4. The van der Waals surface area contributed by atoms with E-state index in [-0.39, 0.29) is 5.92 Å². The lowest BCUT2D eigenvalue weighted by Crippen LogP contribution is -2.48. The van der Waals surface area contributed by atoms with Gasteiger partial charge in [0.2, 0.25) is 0 Å². The molecular weight excluding hydrogens is 240 g/mol. The summed E-state index contributed by atoms with van der Waals surface area (Å²) in [6.45, 7) is 7.35. The van der Waals surface area contributed by atoms with Crippen molar-refractivity contribution in [3.8, 4) is 0 Å². The number of carboxylic acids is 1. The predicted octanol–water partition coefficient (Wildman–Crippen LogP) is 3.21. The minimum Gasteiger partial charge on any atom is -0.479 e. The van der Waals surface area contributed by atoms with Crippen LogP contribution in [0.3, 0.4) is 0 Å². The van der Waals surface area contributed by atoms with E-state index in [9.17, 15) is 15.0 Å². The summed E-state index contributed by atoms with van der Waals surface area (Å²) < 4.78 is 0. The monoisotopic (exact) mass is 264 g/mol. The van der Waals surface area contributed by atoms with Crippen LogP contribution in [0.1, 0.15) is 51.2 Å². The number of aliphatic hydroxyl groups is 1. The number of benzene rings is 1. The Morgan fingerprint density at radius 2 is 1.74 bits per heavy atom. The van der Waals surface area contributed by atoms with Crippen LogP contribution in [0.25, 0.3) is 0 Å². The van der Waals surface area contributed by atoms with Crippen LogP contribution >= 0.6 is 0 Å². The molecule has 0 aliphatic rings. The highest BCUT2D eigenvalue weighted by atomic mass is 16.4. The van der Waals surface area contributed by atoms with Crippen molar-refractivity contribution >= 4 is 5.97 Å². The van der Waals surface area contributed by atoms with Crippen LogP contribution in [0.5, 0.6) is 0 Å². The first kappa shape index (κ1) is 15.7. The summed E-state index contributed by atoms with van der Waals surface area (Å²) in [5, 5.41) is 19.8. The Labute approximate surface area is 115 Å². The van der Waals surface area contributed by atoms with Crippen molar-refractivity contribution in [2.45, 2.75) is 52.1 Å². The molecule has 0 amide bonds. The fraction of sp³-hybridized carbons (Fsp3) is 0.562. The molecular formula is C16H24O3. The van der Waals surface area contributed by atoms with Crippen molar-refractivity contribution in [1.82, 2.24) is 0 Å². The molecule has 0 bridgehead atoms. The molecule has 3 nitrogen and oxygen atoms in total. The van der Waals surface area contributed by atoms with Crippen molar-refractivity contribution in [2.24, 2.45) is 5.92 Å². The Morgan fingerprint density at radius 1 is 1.21 bits per heavy atom. The van der Waals surface area contributed by atoms with Gasteiger partial charge in [0.05, 0.1) is 0 Å². The van der Waals surface area contributed by atoms with Crippen molar-refractivity contribution in [3.05, 3.63) is 35.4 Å². The first-order valence-electron chi connectivity index (χ1n) is 6.88. The average Bonchev–Trinajstić information content (AvgIpc) is 2.37. The predicted molar refractivity (Wildman–Crippen MR) is 76.3 cm³/mol. The van der Waals surface area contributed by atoms with E-state index in [1.807, 2.05) is 24.3 Å². The summed E-state index contributed by atoms with van der Waals surface area (Å²) in [6, 6.07) is 7.87. The molecule has 106 valence electrons. The normalized spacial score (nSPS) is 16.1. The van der Waals surface area contributed by atoms with Crippen molar-refractivity contribution in [3.63, 3.8) is 0 Å². The lowest BCUT2D eigenvalue weighted by Gasteiger charge is -2.34. The third-order valence-electron chi connectivity index (χ3n) is 3.90. The van der Waals surface area contributed by atoms with Crippen LogP contribution in [-0.4, -0.2) is 21.8 Å². The van der Waals surface area contributed by atoms with Gasteiger partial charge in [0.15, 0.2) is 5.60 Å². The lowest BCUT2D eigenvalue weighted by atomic mass is 9.76. The van der Waals surface area contributed by atoms with E-state index in [0.717, 1.165) is 18.4 Å². The van der Waals surface area contributed by atoms with E-state index >= 15 is 0 Å². The van der Waals surface area contributed by atoms with Gasteiger partial charge in [0, 0.05) is 5.92 Å². The zero-order chi connectivity index (χ0) is 14.6. The zero-order valence-corrected chi connectivity index (χ0v) is 12.2. The van der Waals surface area contributed by atoms with Gasteiger partial charge in [-0.1, -0.05) is 58.4 Å². The first-order valence-corrected chi connectivity index (χ1v) is 6.88. The van der Waals surface area contributed by atoms with Gasteiger partial charge in [-0.2, -0.15) is 0 Å². The van der Waals surface area contributed by atoms with Gasteiger partial charge in [0.25, 0.3) is 0 Å². The van der Waals surface area contributed by atoms with E-state index in [1.54, 1.807) is 20.8 Å². The van der Waals surface area contributed by atoms with Crippen LogP contribution in [0.15, 0.2) is 24.3 Å². The SMILES string of the molecule is CCCc1ccc(C(C)C(O)(C(=O)O)C(C)C)cc1. The number of hydrogen-bond acceptors (Lipinski definition) is 2. The van der Waals surface area contributed by atoms with Crippen LogP contribution in [0, 0.1) is 5.92 Å². The zero-order valence-electron chi connectivity index (χ0n) is 12.2. The highest BCUT2D eigenvalue weighted by molar-refractivity contribution is 5.79. The molecule has 0 aromatic heterocycles. The molecule has 0 fully saturated rings. The molecule has 0 saturated heterocycles.